The van der Waals surface area contributed by atoms with Crippen molar-refractivity contribution >= 4 is 44.2 Å². The number of ether oxygens (including phenoxy) is 1. The van der Waals surface area contributed by atoms with Gasteiger partial charge in [0.2, 0.25) is 9.84 Å². The molecule has 8 nitrogen and oxygen atoms in total. The predicted molar refractivity (Wildman–Crippen MR) is 104 cm³/mol. The minimum atomic E-state index is -3.83. The van der Waals surface area contributed by atoms with Crippen molar-refractivity contribution in [3.8, 4) is 6.07 Å². The highest BCUT2D eigenvalue weighted by Crippen LogP contribution is 2.29. The summed E-state index contributed by atoms with van der Waals surface area (Å²) in [5.74, 6) is 0. The highest BCUT2D eigenvalue weighted by atomic mass is 32.2. The first-order valence-electron chi connectivity index (χ1n) is 7.44. The monoisotopic (exact) mass is 404 g/mol. The molecular formula is C17H16N4O4S2. The van der Waals surface area contributed by atoms with Crippen LogP contribution in [0.5, 0.6) is 0 Å². The maximum atomic E-state index is 12.8. The molecule has 0 aliphatic heterocycles. The fourth-order valence-corrected chi connectivity index (χ4v) is 3.66. The molecule has 0 aromatic heterocycles. The lowest BCUT2D eigenvalue weighted by atomic mass is 10.2. The van der Waals surface area contributed by atoms with E-state index in [4.69, 9.17) is 11.0 Å². The Bertz CT molecular complexity index is 1030. The van der Waals surface area contributed by atoms with Crippen molar-refractivity contribution in [1.82, 2.24) is 5.32 Å². The second-order valence-electron chi connectivity index (χ2n) is 5.10. The fraction of sp³-hybridized carbons (Fsp3) is 0.118. The number of alkyl carbamates (subject to hydrolysis) is 1. The van der Waals surface area contributed by atoms with E-state index in [1.165, 1.54) is 49.6 Å². The maximum Gasteiger partial charge on any atom is 0.412 e. The molecule has 2 aromatic carbocycles. The summed E-state index contributed by atoms with van der Waals surface area (Å²) >= 11 is 1.13. The average Bonchev–Trinajstić information content (AvgIpc) is 2.68. The summed E-state index contributed by atoms with van der Waals surface area (Å²) in [4.78, 5) is 15.6. The van der Waals surface area contributed by atoms with Crippen LogP contribution in [0.1, 0.15) is 5.56 Å². The van der Waals surface area contributed by atoms with Gasteiger partial charge in [0.15, 0.2) is 5.17 Å². The molecule has 0 fully saturated rings. The lowest BCUT2D eigenvalue weighted by molar-refractivity contribution is 0.177. The number of anilines is 1. The number of carbonyl (C=O) groups excluding carboxylic acids is 1. The number of carbonyl (C=O) groups is 1. The van der Waals surface area contributed by atoms with E-state index in [2.05, 4.69) is 15.0 Å². The van der Waals surface area contributed by atoms with Crippen molar-refractivity contribution in [3.63, 3.8) is 0 Å². The van der Waals surface area contributed by atoms with E-state index in [1.807, 2.05) is 6.07 Å². The van der Waals surface area contributed by atoms with E-state index in [0.717, 1.165) is 11.8 Å². The lowest BCUT2D eigenvalue weighted by Gasteiger charge is -2.09. The van der Waals surface area contributed by atoms with Gasteiger partial charge in [-0.25, -0.2) is 18.2 Å². The second kappa shape index (κ2) is 8.57. The van der Waals surface area contributed by atoms with Gasteiger partial charge in [-0.05, 0) is 48.7 Å². The zero-order valence-corrected chi connectivity index (χ0v) is 16.1. The smallest absolute Gasteiger partial charge is 0.412 e. The predicted octanol–water partition coefficient (Wildman–Crippen LogP) is 2.68. The molecule has 0 atom stereocenters. The maximum absolute atomic E-state index is 12.8. The number of nitrogens with zero attached hydrogens (tertiary/aromatic N) is 2. The fourth-order valence-electron chi connectivity index (χ4n) is 2.00. The van der Waals surface area contributed by atoms with E-state index in [1.54, 1.807) is 6.26 Å². The van der Waals surface area contributed by atoms with Gasteiger partial charge in [0.05, 0.1) is 39.9 Å². The molecule has 0 aliphatic rings. The Balaban J connectivity index is 2.46. The van der Waals surface area contributed by atoms with Crippen LogP contribution in [0.2, 0.25) is 0 Å². The van der Waals surface area contributed by atoms with Gasteiger partial charge in [-0.15, -0.1) is 0 Å². The normalized spacial score (nSPS) is 11.5. The molecule has 3 N–H and O–H groups in total. The van der Waals surface area contributed by atoms with Gasteiger partial charge in [0.25, 0.3) is 0 Å². The quantitative estimate of drug-likeness (QED) is 0.456. The number of nitriles is 1. The van der Waals surface area contributed by atoms with E-state index < -0.39 is 15.9 Å². The van der Waals surface area contributed by atoms with Crippen LogP contribution in [0.3, 0.4) is 0 Å². The molecule has 27 heavy (non-hydrogen) atoms. The minimum absolute atomic E-state index is 0.0151. The van der Waals surface area contributed by atoms with Crippen molar-refractivity contribution in [2.75, 3.05) is 19.1 Å². The molecule has 10 heteroatoms. The molecule has 2 aromatic rings. The summed E-state index contributed by atoms with van der Waals surface area (Å²) in [5, 5.41) is 11.4. The molecule has 0 saturated carbocycles. The van der Waals surface area contributed by atoms with Gasteiger partial charge in [-0.3, -0.25) is 5.32 Å². The largest absolute Gasteiger partial charge is 0.453 e. The number of thioether (sulfide) groups is 1. The average molecular weight is 404 g/mol. The Hall–Kier alpha value is -3.03. The molecular weight excluding hydrogens is 388 g/mol. The van der Waals surface area contributed by atoms with Crippen molar-refractivity contribution < 1.29 is 17.9 Å². The third kappa shape index (κ3) is 4.78. The van der Waals surface area contributed by atoms with Crippen LogP contribution in [-0.2, 0) is 14.6 Å². The van der Waals surface area contributed by atoms with Crippen LogP contribution < -0.4 is 11.1 Å². The highest BCUT2D eigenvalue weighted by molar-refractivity contribution is 8.13. The number of benzene rings is 2. The Kier molecular flexibility index (Phi) is 6.44. The minimum Gasteiger partial charge on any atom is -0.453 e. The number of methoxy groups -OCH3 is 1. The molecule has 0 radical (unpaired) electrons. The van der Waals surface area contributed by atoms with E-state index >= 15 is 0 Å². The number of aliphatic imine (C=N–C) groups is 1. The molecule has 1 amide bonds. The number of sulfone groups is 1. The van der Waals surface area contributed by atoms with Crippen LogP contribution in [-0.4, -0.2) is 33.0 Å². The SMILES string of the molecule is COC(=O)NC(=Nc1cc(S(=O)(=O)c2ccc(C#N)cc2)ccc1N)SC. The summed E-state index contributed by atoms with van der Waals surface area (Å²) in [6.07, 6.45) is 0.977. The Morgan fingerprint density at radius 2 is 1.85 bits per heavy atom. The van der Waals surface area contributed by atoms with Gasteiger partial charge in [0.1, 0.15) is 0 Å². The van der Waals surface area contributed by atoms with Crippen LogP contribution in [0.15, 0.2) is 57.2 Å². The van der Waals surface area contributed by atoms with Crippen LogP contribution in [0, 0.1) is 11.3 Å². The van der Waals surface area contributed by atoms with Crippen molar-refractivity contribution in [3.05, 3.63) is 48.0 Å². The standard InChI is InChI=1S/C17H16N4O4S2/c1-25-17(22)21-16(26-2)20-15-9-13(7-8-14(15)19)27(23,24)12-5-3-11(10-18)4-6-12/h3-9H,19H2,1-2H3,(H,20,21,22). The zero-order valence-electron chi connectivity index (χ0n) is 14.5. The highest BCUT2D eigenvalue weighted by Gasteiger charge is 2.19. The van der Waals surface area contributed by atoms with Crippen molar-refractivity contribution in [1.29, 1.82) is 5.26 Å². The van der Waals surface area contributed by atoms with Gasteiger partial charge < -0.3 is 10.5 Å². The van der Waals surface area contributed by atoms with Crippen LogP contribution in [0.4, 0.5) is 16.2 Å². The molecule has 0 bridgehead atoms. The molecule has 140 valence electrons. The first-order valence-corrected chi connectivity index (χ1v) is 10.1. The van der Waals surface area contributed by atoms with Crippen molar-refractivity contribution in [2.24, 2.45) is 4.99 Å². The number of rotatable bonds is 3. The Labute approximate surface area is 161 Å². The summed E-state index contributed by atoms with van der Waals surface area (Å²) < 4.78 is 30.1. The molecule has 0 aliphatic carbocycles. The Morgan fingerprint density at radius 3 is 2.41 bits per heavy atom. The molecule has 0 saturated heterocycles. The van der Waals surface area contributed by atoms with Gasteiger partial charge in [-0.1, -0.05) is 11.8 Å². The number of amidine groups is 1. The first-order chi connectivity index (χ1) is 12.8. The van der Waals surface area contributed by atoms with Crippen molar-refractivity contribution in [2.45, 2.75) is 9.79 Å². The van der Waals surface area contributed by atoms with E-state index in [9.17, 15) is 13.2 Å². The number of hydrogen-bond acceptors (Lipinski definition) is 8. The van der Waals surface area contributed by atoms with Crippen LogP contribution in [0.25, 0.3) is 0 Å². The van der Waals surface area contributed by atoms with E-state index in [0.29, 0.717) is 5.56 Å². The van der Waals surface area contributed by atoms with Gasteiger partial charge in [0, 0.05) is 0 Å². The summed E-state index contributed by atoms with van der Waals surface area (Å²) in [5.41, 5.74) is 6.67. The first kappa shape index (κ1) is 20.3. The zero-order chi connectivity index (χ0) is 20.0. The Morgan fingerprint density at radius 1 is 1.22 bits per heavy atom. The lowest BCUT2D eigenvalue weighted by Crippen LogP contribution is -2.27. The second-order valence-corrected chi connectivity index (χ2v) is 7.84. The number of nitrogens with two attached hydrogens (primary N) is 1. The van der Waals surface area contributed by atoms with Gasteiger partial charge in [-0.2, -0.15) is 5.26 Å². The third-order valence-corrected chi connectivity index (χ3v) is 5.76. The van der Waals surface area contributed by atoms with Crippen LogP contribution >= 0.6 is 11.8 Å². The summed E-state index contributed by atoms with van der Waals surface area (Å²) in [6, 6.07) is 11.6. The third-order valence-electron chi connectivity index (χ3n) is 3.42. The number of nitrogen functional groups attached to an aromatic ring is 1. The summed E-state index contributed by atoms with van der Waals surface area (Å²) in [7, 11) is -2.61. The van der Waals surface area contributed by atoms with E-state index in [-0.39, 0.29) is 26.3 Å². The molecule has 2 rings (SSSR count). The molecule has 0 spiro atoms. The summed E-state index contributed by atoms with van der Waals surface area (Å²) in [6.45, 7) is 0. The topological polar surface area (TPSA) is 135 Å². The number of nitrogens with one attached hydrogen (secondary N) is 1. The number of amides is 1. The number of hydrogen-bond donors (Lipinski definition) is 2. The molecule has 0 unspecified atom stereocenters. The molecule has 0 heterocycles. The van der Waals surface area contributed by atoms with Gasteiger partial charge >= 0.3 is 6.09 Å².